The summed E-state index contributed by atoms with van der Waals surface area (Å²) >= 11 is 13.7. The SMILES string of the molecule is CCC(C(=O)NC(C)(C)C)N(Cc1ccccc1Cl)C(=O)CSc1ccc(Cl)cc1. The van der Waals surface area contributed by atoms with Crippen LogP contribution in [0.25, 0.3) is 0 Å². The van der Waals surface area contributed by atoms with Gasteiger partial charge in [-0.1, -0.05) is 48.3 Å². The van der Waals surface area contributed by atoms with Crippen LogP contribution >= 0.6 is 35.0 Å². The van der Waals surface area contributed by atoms with Crippen molar-refractivity contribution in [1.82, 2.24) is 10.2 Å². The molecule has 0 aliphatic carbocycles. The van der Waals surface area contributed by atoms with Crippen molar-refractivity contribution in [3.63, 3.8) is 0 Å². The van der Waals surface area contributed by atoms with E-state index in [1.807, 2.05) is 58.0 Å². The van der Waals surface area contributed by atoms with Crippen LogP contribution in [0.1, 0.15) is 39.7 Å². The summed E-state index contributed by atoms with van der Waals surface area (Å²) in [6.07, 6.45) is 0.504. The molecule has 2 rings (SSSR count). The Morgan fingerprint density at radius 1 is 1.07 bits per heavy atom. The molecular formula is C23H28Cl2N2O2S. The molecule has 0 spiro atoms. The molecule has 0 aliphatic heterocycles. The molecule has 1 N–H and O–H groups in total. The largest absolute Gasteiger partial charge is 0.350 e. The monoisotopic (exact) mass is 466 g/mol. The first-order valence-corrected chi connectivity index (χ1v) is 11.6. The van der Waals surface area contributed by atoms with E-state index in [1.54, 1.807) is 23.1 Å². The molecule has 162 valence electrons. The van der Waals surface area contributed by atoms with Crippen molar-refractivity contribution in [2.75, 3.05) is 5.75 Å². The van der Waals surface area contributed by atoms with Gasteiger partial charge in [0.05, 0.1) is 5.75 Å². The van der Waals surface area contributed by atoms with E-state index < -0.39 is 6.04 Å². The van der Waals surface area contributed by atoms with Crippen molar-refractivity contribution in [3.05, 3.63) is 64.1 Å². The van der Waals surface area contributed by atoms with Crippen LogP contribution in [-0.2, 0) is 16.1 Å². The summed E-state index contributed by atoms with van der Waals surface area (Å²) in [4.78, 5) is 28.8. The lowest BCUT2D eigenvalue weighted by atomic mass is 10.1. The van der Waals surface area contributed by atoms with Crippen molar-refractivity contribution >= 4 is 46.8 Å². The van der Waals surface area contributed by atoms with E-state index in [9.17, 15) is 9.59 Å². The molecular weight excluding hydrogens is 439 g/mol. The number of carbonyl (C=O) groups excluding carboxylic acids is 2. The molecule has 0 aliphatic rings. The minimum absolute atomic E-state index is 0.120. The van der Waals surface area contributed by atoms with Crippen molar-refractivity contribution in [2.45, 2.75) is 57.1 Å². The minimum Gasteiger partial charge on any atom is -0.350 e. The molecule has 2 amide bonds. The summed E-state index contributed by atoms with van der Waals surface area (Å²) in [5.74, 6) is -0.0709. The van der Waals surface area contributed by atoms with Gasteiger partial charge in [-0.25, -0.2) is 0 Å². The predicted octanol–water partition coefficient (Wildman–Crippen LogP) is 5.81. The van der Waals surface area contributed by atoms with Crippen LogP contribution in [0.15, 0.2) is 53.4 Å². The molecule has 1 atom stereocenters. The minimum atomic E-state index is -0.584. The Kier molecular flexibility index (Phi) is 9.08. The zero-order valence-electron chi connectivity index (χ0n) is 17.7. The maximum atomic E-state index is 13.2. The van der Waals surface area contributed by atoms with E-state index in [1.165, 1.54) is 11.8 Å². The highest BCUT2D eigenvalue weighted by Gasteiger charge is 2.30. The van der Waals surface area contributed by atoms with Crippen molar-refractivity contribution < 1.29 is 9.59 Å². The molecule has 2 aromatic carbocycles. The Hall–Kier alpha value is -1.69. The van der Waals surface area contributed by atoms with Gasteiger partial charge in [-0.05, 0) is 63.1 Å². The number of halogens is 2. The van der Waals surface area contributed by atoms with Crippen LogP contribution in [0.4, 0.5) is 0 Å². The van der Waals surface area contributed by atoms with Crippen molar-refractivity contribution in [1.29, 1.82) is 0 Å². The van der Waals surface area contributed by atoms with Gasteiger partial charge in [-0.2, -0.15) is 0 Å². The van der Waals surface area contributed by atoms with Gasteiger partial charge in [0, 0.05) is 27.0 Å². The molecule has 7 heteroatoms. The number of amides is 2. The summed E-state index contributed by atoms with van der Waals surface area (Å²) < 4.78 is 0. The topological polar surface area (TPSA) is 49.4 Å². The Balaban J connectivity index is 2.24. The summed E-state index contributed by atoms with van der Waals surface area (Å²) in [5, 5.41) is 4.22. The zero-order chi connectivity index (χ0) is 22.3. The second-order valence-electron chi connectivity index (χ2n) is 8.02. The van der Waals surface area contributed by atoms with Crippen molar-refractivity contribution in [2.24, 2.45) is 0 Å². The van der Waals surface area contributed by atoms with Gasteiger partial charge in [0.1, 0.15) is 6.04 Å². The molecule has 4 nitrogen and oxygen atoms in total. The van der Waals surface area contributed by atoms with Crippen LogP contribution < -0.4 is 5.32 Å². The Morgan fingerprint density at radius 2 is 1.70 bits per heavy atom. The van der Waals surface area contributed by atoms with Gasteiger partial charge >= 0.3 is 0 Å². The Bertz CT molecular complexity index is 866. The first kappa shape index (κ1) is 24.6. The highest BCUT2D eigenvalue weighted by Crippen LogP contribution is 2.24. The van der Waals surface area contributed by atoms with Crippen LogP contribution in [0.3, 0.4) is 0 Å². The van der Waals surface area contributed by atoms with Crippen LogP contribution in [0, 0.1) is 0 Å². The average molecular weight is 467 g/mol. The maximum absolute atomic E-state index is 13.2. The Labute approximate surface area is 193 Å². The molecule has 0 saturated heterocycles. The molecule has 0 aromatic heterocycles. The van der Waals surface area contributed by atoms with Gasteiger partial charge in [0.15, 0.2) is 0 Å². The average Bonchev–Trinajstić information content (AvgIpc) is 2.67. The fraction of sp³-hybridized carbons (Fsp3) is 0.391. The molecule has 0 fully saturated rings. The molecule has 0 radical (unpaired) electrons. The van der Waals surface area contributed by atoms with Gasteiger partial charge in [-0.15, -0.1) is 11.8 Å². The Morgan fingerprint density at radius 3 is 2.27 bits per heavy atom. The first-order chi connectivity index (χ1) is 14.1. The van der Waals surface area contributed by atoms with E-state index in [-0.39, 0.29) is 29.7 Å². The number of hydrogen-bond acceptors (Lipinski definition) is 3. The summed E-state index contributed by atoms with van der Waals surface area (Å²) in [7, 11) is 0. The normalized spacial score (nSPS) is 12.3. The number of nitrogens with one attached hydrogen (secondary N) is 1. The second kappa shape index (κ2) is 11.1. The van der Waals surface area contributed by atoms with E-state index in [2.05, 4.69) is 5.32 Å². The van der Waals surface area contributed by atoms with E-state index in [0.29, 0.717) is 16.5 Å². The molecule has 0 saturated carbocycles. The first-order valence-electron chi connectivity index (χ1n) is 9.84. The fourth-order valence-electron chi connectivity index (χ4n) is 2.94. The van der Waals surface area contributed by atoms with Crippen LogP contribution in [-0.4, -0.2) is 34.0 Å². The number of benzene rings is 2. The lowest BCUT2D eigenvalue weighted by molar-refractivity contribution is -0.140. The molecule has 0 heterocycles. The highest BCUT2D eigenvalue weighted by atomic mass is 35.5. The van der Waals surface area contributed by atoms with E-state index >= 15 is 0 Å². The summed E-state index contributed by atoms with van der Waals surface area (Å²) in [5.41, 5.74) is 0.424. The zero-order valence-corrected chi connectivity index (χ0v) is 20.1. The van der Waals surface area contributed by atoms with Gasteiger partial charge in [-0.3, -0.25) is 9.59 Å². The number of nitrogens with zero attached hydrogens (tertiary/aromatic N) is 1. The quantitative estimate of drug-likeness (QED) is 0.499. The van der Waals surface area contributed by atoms with E-state index in [4.69, 9.17) is 23.2 Å². The lowest BCUT2D eigenvalue weighted by Gasteiger charge is -2.33. The standard InChI is InChI=1S/C23H28Cl2N2O2S/c1-5-20(22(29)26-23(2,3)4)27(14-16-8-6-7-9-19(16)25)21(28)15-30-18-12-10-17(24)11-13-18/h6-13,20H,5,14-15H2,1-4H3,(H,26,29). The van der Waals surface area contributed by atoms with Gasteiger partial charge in [0.2, 0.25) is 11.8 Å². The number of thioether (sulfide) groups is 1. The second-order valence-corrected chi connectivity index (χ2v) is 9.91. The van der Waals surface area contributed by atoms with Gasteiger partial charge in [0.25, 0.3) is 0 Å². The van der Waals surface area contributed by atoms with Crippen LogP contribution in [0.5, 0.6) is 0 Å². The molecule has 2 aromatic rings. The van der Waals surface area contributed by atoms with Crippen molar-refractivity contribution in [3.8, 4) is 0 Å². The fourth-order valence-corrected chi connectivity index (χ4v) is 4.05. The lowest BCUT2D eigenvalue weighted by Crippen LogP contribution is -2.53. The number of carbonyl (C=O) groups is 2. The number of hydrogen-bond donors (Lipinski definition) is 1. The molecule has 30 heavy (non-hydrogen) atoms. The smallest absolute Gasteiger partial charge is 0.243 e. The van der Waals surface area contributed by atoms with E-state index in [0.717, 1.165) is 10.5 Å². The molecule has 1 unspecified atom stereocenters. The predicted molar refractivity (Wildman–Crippen MR) is 126 cm³/mol. The van der Waals surface area contributed by atoms with Crippen LogP contribution in [0.2, 0.25) is 10.0 Å². The third-order valence-electron chi connectivity index (χ3n) is 4.36. The maximum Gasteiger partial charge on any atom is 0.243 e. The van der Waals surface area contributed by atoms with Gasteiger partial charge < -0.3 is 10.2 Å². The number of rotatable bonds is 8. The third-order valence-corrected chi connectivity index (χ3v) is 5.98. The summed E-state index contributed by atoms with van der Waals surface area (Å²) in [6.45, 7) is 7.96. The molecule has 0 bridgehead atoms. The highest BCUT2D eigenvalue weighted by molar-refractivity contribution is 8.00. The summed E-state index contributed by atoms with van der Waals surface area (Å²) in [6, 6.07) is 14.1. The third kappa shape index (κ3) is 7.53.